The second-order valence-corrected chi connectivity index (χ2v) is 3.36. The fraction of sp³-hybridized carbons (Fsp3) is 0.125. The molecule has 0 radical (unpaired) electrons. The van der Waals surface area contributed by atoms with E-state index in [1.165, 1.54) is 19.2 Å². The van der Waals surface area contributed by atoms with E-state index in [-0.39, 0.29) is 5.56 Å². The van der Waals surface area contributed by atoms with Gasteiger partial charge in [-0.2, -0.15) is 0 Å². The van der Waals surface area contributed by atoms with E-state index < -0.39 is 11.8 Å². The van der Waals surface area contributed by atoms with Crippen LogP contribution in [0.1, 0.15) is 10.4 Å². The Morgan fingerprint density at radius 3 is 2.83 bits per heavy atom. The van der Waals surface area contributed by atoms with Crippen LogP contribution in [0.2, 0.25) is 0 Å². The summed E-state index contributed by atoms with van der Waals surface area (Å²) < 4.78 is 18.1. The van der Waals surface area contributed by atoms with Gasteiger partial charge in [-0.25, -0.2) is 9.18 Å². The number of hydrogen-bond donors (Lipinski definition) is 0. The van der Waals surface area contributed by atoms with Gasteiger partial charge in [0, 0.05) is 3.57 Å². The molecule has 4 heteroatoms. The number of hydrogen-bond acceptors (Lipinski definition) is 2. The molecule has 1 rings (SSSR count). The highest BCUT2D eigenvalue weighted by molar-refractivity contribution is 14.1. The average molecular weight is 280 g/mol. The van der Waals surface area contributed by atoms with E-state index in [1.54, 1.807) is 6.07 Å². The molecule has 0 amide bonds. The predicted octanol–water partition coefficient (Wildman–Crippen LogP) is 2.22. The van der Waals surface area contributed by atoms with Crippen molar-refractivity contribution in [3.05, 3.63) is 33.1 Å². The van der Waals surface area contributed by atoms with E-state index in [0.29, 0.717) is 0 Å². The zero-order valence-electron chi connectivity index (χ0n) is 6.30. The molecule has 0 aromatic heterocycles. The Kier molecular flexibility index (Phi) is 3.02. The van der Waals surface area contributed by atoms with Gasteiger partial charge in [0.15, 0.2) is 0 Å². The van der Waals surface area contributed by atoms with Gasteiger partial charge in [-0.15, -0.1) is 0 Å². The maximum absolute atomic E-state index is 12.9. The van der Waals surface area contributed by atoms with Crippen molar-refractivity contribution in [2.75, 3.05) is 7.11 Å². The van der Waals surface area contributed by atoms with Crippen LogP contribution >= 0.6 is 22.6 Å². The van der Waals surface area contributed by atoms with E-state index in [0.717, 1.165) is 3.57 Å². The maximum Gasteiger partial charge on any atom is 0.340 e. The summed E-state index contributed by atoms with van der Waals surface area (Å²) in [6.45, 7) is 0. The van der Waals surface area contributed by atoms with Crippen molar-refractivity contribution >= 4 is 28.6 Å². The van der Waals surface area contributed by atoms with Crippen molar-refractivity contribution in [1.29, 1.82) is 0 Å². The number of ether oxygens (including phenoxy) is 1. The molecule has 0 unspecified atom stereocenters. The Hall–Kier alpha value is -0.650. The summed E-state index contributed by atoms with van der Waals surface area (Å²) in [5.74, 6) is -1.20. The Bertz CT molecular complexity index is 312. The molecule has 1 aromatic rings. The van der Waals surface area contributed by atoms with Gasteiger partial charge in [0.1, 0.15) is 5.82 Å². The summed E-state index contributed by atoms with van der Waals surface area (Å²) in [5, 5.41) is 0. The molecule has 0 fully saturated rings. The normalized spacial score (nSPS) is 9.58. The summed E-state index contributed by atoms with van der Waals surface area (Å²) in [5.41, 5.74) is -0.0237. The highest BCUT2D eigenvalue weighted by atomic mass is 127. The molecule has 0 aliphatic carbocycles. The van der Waals surface area contributed by atoms with E-state index in [9.17, 15) is 9.18 Å². The topological polar surface area (TPSA) is 26.3 Å². The second kappa shape index (κ2) is 3.84. The highest BCUT2D eigenvalue weighted by Crippen LogP contribution is 2.12. The van der Waals surface area contributed by atoms with Crippen LogP contribution in [-0.2, 0) is 4.74 Å². The van der Waals surface area contributed by atoms with Gasteiger partial charge in [-0.05, 0) is 40.8 Å². The van der Waals surface area contributed by atoms with E-state index in [1.807, 2.05) is 22.6 Å². The number of halogens is 2. The first kappa shape index (κ1) is 9.44. The van der Waals surface area contributed by atoms with Crippen LogP contribution in [0, 0.1) is 9.39 Å². The van der Waals surface area contributed by atoms with Crippen molar-refractivity contribution in [2.24, 2.45) is 0 Å². The average Bonchev–Trinajstić information content (AvgIpc) is 2.08. The predicted molar refractivity (Wildman–Crippen MR) is 50.5 cm³/mol. The molecular weight excluding hydrogens is 274 g/mol. The summed E-state index contributed by atoms with van der Waals surface area (Å²) in [6, 6.07) is 4.28. The van der Waals surface area contributed by atoms with Gasteiger partial charge in [0.25, 0.3) is 0 Å². The fourth-order valence-corrected chi connectivity index (χ4v) is 1.26. The molecule has 0 atom stereocenters. The molecule has 12 heavy (non-hydrogen) atoms. The zero-order valence-corrected chi connectivity index (χ0v) is 8.46. The number of rotatable bonds is 1. The van der Waals surface area contributed by atoms with Gasteiger partial charge < -0.3 is 4.74 Å². The van der Waals surface area contributed by atoms with Crippen LogP contribution < -0.4 is 0 Å². The third-order valence-electron chi connectivity index (χ3n) is 1.33. The van der Waals surface area contributed by atoms with Crippen molar-refractivity contribution < 1.29 is 13.9 Å². The molecule has 0 bridgehead atoms. The van der Waals surface area contributed by atoms with Gasteiger partial charge >= 0.3 is 5.97 Å². The number of methoxy groups -OCH3 is 1. The van der Waals surface area contributed by atoms with E-state index in [2.05, 4.69) is 4.74 Å². The molecule has 0 aliphatic rings. The summed E-state index contributed by atoms with van der Waals surface area (Å²) in [6.07, 6.45) is 0. The van der Waals surface area contributed by atoms with Crippen molar-refractivity contribution in [1.82, 2.24) is 0 Å². The Labute approximate surface area is 82.9 Å². The number of carbonyl (C=O) groups excluding carboxylic acids is 1. The third-order valence-corrected chi connectivity index (χ3v) is 2.00. The lowest BCUT2D eigenvalue weighted by atomic mass is 10.2. The molecular formula is C8H6FIO2. The molecule has 0 heterocycles. The van der Waals surface area contributed by atoms with E-state index >= 15 is 0 Å². The van der Waals surface area contributed by atoms with Crippen LogP contribution in [0.15, 0.2) is 18.2 Å². The summed E-state index contributed by atoms with van der Waals surface area (Å²) >= 11 is 2.00. The Balaban J connectivity index is 3.13. The lowest BCUT2D eigenvalue weighted by Crippen LogP contribution is -2.04. The molecule has 0 spiro atoms. The molecule has 1 aromatic carbocycles. The first-order valence-electron chi connectivity index (χ1n) is 3.18. The monoisotopic (exact) mass is 280 g/mol. The minimum absolute atomic E-state index is 0.0237. The lowest BCUT2D eigenvalue weighted by molar-refractivity contribution is 0.0595. The van der Waals surface area contributed by atoms with Gasteiger partial charge in [-0.1, -0.05) is 0 Å². The van der Waals surface area contributed by atoms with Gasteiger partial charge in [0.2, 0.25) is 0 Å². The fourth-order valence-electron chi connectivity index (χ4n) is 0.764. The van der Waals surface area contributed by atoms with Crippen LogP contribution in [-0.4, -0.2) is 13.1 Å². The third kappa shape index (κ3) is 1.94. The zero-order chi connectivity index (χ0) is 9.14. The number of benzene rings is 1. The second-order valence-electron chi connectivity index (χ2n) is 2.12. The molecule has 2 nitrogen and oxygen atoms in total. The minimum Gasteiger partial charge on any atom is -0.465 e. The number of esters is 1. The van der Waals surface area contributed by atoms with Gasteiger partial charge in [-0.3, -0.25) is 0 Å². The minimum atomic E-state index is -0.647. The molecule has 0 saturated heterocycles. The summed E-state index contributed by atoms with van der Waals surface area (Å²) in [7, 11) is 1.22. The van der Waals surface area contributed by atoms with Crippen molar-refractivity contribution in [3.63, 3.8) is 0 Å². The van der Waals surface area contributed by atoms with Crippen molar-refractivity contribution in [3.8, 4) is 0 Å². The summed E-state index contributed by atoms with van der Waals surface area (Å²) in [4.78, 5) is 10.9. The maximum atomic E-state index is 12.9. The van der Waals surface area contributed by atoms with Crippen LogP contribution in [0.3, 0.4) is 0 Å². The number of carbonyl (C=O) groups is 1. The molecule has 0 N–H and O–H groups in total. The van der Waals surface area contributed by atoms with Crippen LogP contribution in [0.5, 0.6) is 0 Å². The molecule has 0 saturated carbocycles. The first-order valence-corrected chi connectivity index (χ1v) is 4.26. The smallest absolute Gasteiger partial charge is 0.340 e. The SMILES string of the molecule is COC(=O)c1cc(I)ccc1F. The van der Waals surface area contributed by atoms with Gasteiger partial charge in [0.05, 0.1) is 12.7 Å². The lowest BCUT2D eigenvalue weighted by Gasteiger charge is -2.00. The van der Waals surface area contributed by atoms with Crippen molar-refractivity contribution in [2.45, 2.75) is 0 Å². The molecule has 0 aliphatic heterocycles. The Morgan fingerprint density at radius 1 is 1.58 bits per heavy atom. The van der Waals surface area contributed by atoms with Crippen LogP contribution in [0.4, 0.5) is 4.39 Å². The largest absolute Gasteiger partial charge is 0.465 e. The highest BCUT2D eigenvalue weighted by Gasteiger charge is 2.11. The molecule has 64 valence electrons. The van der Waals surface area contributed by atoms with Crippen LogP contribution in [0.25, 0.3) is 0 Å². The Morgan fingerprint density at radius 2 is 2.25 bits per heavy atom. The standard InChI is InChI=1S/C8H6FIO2/c1-12-8(11)6-4-5(10)2-3-7(6)9/h2-4H,1H3. The quantitative estimate of drug-likeness (QED) is 0.582. The first-order chi connectivity index (χ1) is 5.65. The van der Waals surface area contributed by atoms with E-state index in [4.69, 9.17) is 0 Å².